The van der Waals surface area contributed by atoms with E-state index in [1.807, 2.05) is 78.2 Å². The smallest absolute Gasteiger partial charge is 0.259 e. The Labute approximate surface area is 204 Å². The number of ether oxygens (including phenoxy) is 1. The number of methoxy groups -OCH3 is 1. The first-order valence-electron chi connectivity index (χ1n) is 11.8. The molecule has 0 radical (unpaired) electrons. The molecule has 0 saturated heterocycles. The van der Waals surface area contributed by atoms with Crippen molar-refractivity contribution in [3.63, 3.8) is 0 Å². The van der Waals surface area contributed by atoms with Crippen molar-refractivity contribution in [2.75, 3.05) is 13.7 Å². The van der Waals surface area contributed by atoms with Crippen LogP contribution in [-0.4, -0.2) is 28.1 Å². The van der Waals surface area contributed by atoms with Crippen LogP contribution in [-0.2, 0) is 19.5 Å². The summed E-state index contributed by atoms with van der Waals surface area (Å²) in [6, 6.07) is 24.9. The third-order valence-electron chi connectivity index (χ3n) is 6.63. The molecule has 0 spiro atoms. The molecule has 178 valence electrons. The Kier molecular flexibility index (Phi) is 6.47. The van der Waals surface area contributed by atoms with Gasteiger partial charge in [-0.05, 0) is 35.7 Å². The zero-order valence-electron chi connectivity index (χ0n) is 19.9. The van der Waals surface area contributed by atoms with Gasteiger partial charge in [0.1, 0.15) is 5.82 Å². The van der Waals surface area contributed by atoms with Gasteiger partial charge in [0.15, 0.2) is 11.6 Å². The summed E-state index contributed by atoms with van der Waals surface area (Å²) in [7, 11) is 1.46. The molecule has 0 bridgehead atoms. The molecule has 3 aromatic carbocycles. The minimum absolute atomic E-state index is 0.0178. The molecule has 0 fully saturated rings. The van der Waals surface area contributed by atoms with E-state index < -0.39 is 0 Å². The van der Waals surface area contributed by atoms with Gasteiger partial charge in [-0.15, -0.1) is 0 Å². The normalized spacial score (nSPS) is 13.6. The largest absolute Gasteiger partial charge is 0.494 e. The van der Waals surface area contributed by atoms with Crippen LogP contribution in [0.25, 0.3) is 0 Å². The van der Waals surface area contributed by atoms with Gasteiger partial charge in [-0.25, -0.2) is 9.37 Å². The Balaban J connectivity index is 1.52. The van der Waals surface area contributed by atoms with E-state index in [9.17, 15) is 9.18 Å². The van der Waals surface area contributed by atoms with Crippen LogP contribution in [0.3, 0.4) is 0 Å². The molecule has 35 heavy (non-hydrogen) atoms. The topological polar surface area (TPSA) is 47.4 Å². The number of fused-ring (bicyclic) bond motifs is 1. The number of rotatable bonds is 6. The van der Waals surface area contributed by atoms with Crippen LogP contribution in [0.15, 0.2) is 83.7 Å². The lowest BCUT2D eigenvalue weighted by atomic mass is 9.97. The zero-order valence-corrected chi connectivity index (χ0v) is 19.9. The molecule has 0 atom stereocenters. The summed E-state index contributed by atoms with van der Waals surface area (Å²) in [5.41, 5.74) is 4.47. The van der Waals surface area contributed by atoms with Crippen molar-refractivity contribution in [1.82, 2.24) is 14.5 Å². The first-order chi connectivity index (χ1) is 17.0. The second-order valence-corrected chi connectivity index (χ2v) is 8.91. The highest BCUT2D eigenvalue weighted by Crippen LogP contribution is 2.28. The molecule has 0 unspecified atom stereocenters. The summed E-state index contributed by atoms with van der Waals surface area (Å²) in [6.45, 7) is 3.70. The minimum atomic E-state index is -0.379. The first kappa shape index (κ1) is 23.0. The second kappa shape index (κ2) is 9.84. The monoisotopic (exact) mass is 469 g/mol. The van der Waals surface area contributed by atoms with Crippen molar-refractivity contribution in [3.05, 3.63) is 129 Å². The number of benzene rings is 3. The van der Waals surface area contributed by atoms with Crippen LogP contribution in [0.4, 0.5) is 4.39 Å². The summed E-state index contributed by atoms with van der Waals surface area (Å²) in [5.74, 6) is 0.556. The van der Waals surface area contributed by atoms with Crippen molar-refractivity contribution in [3.8, 4) is 5.75 Å². The highest BCUT2D eigenvalue weighted by molar-refractivity contribution is 5.35. The third-order valence-corrected chi connectivity index (χ3v) is 6.63. The molecule has 0 N–H and O–H groups in total. The average Bonchev–Trinajstić information content (AvgIpc) is 2.88. The Bertz CT molecular complexity index is 1350. The van der Waals surface area contributed by atoms with Gasteiger partial charge in [0, 0.05) is 26.1 Å². The number of hydrogen-bond donors (Lipinski definition) is 0. The Morgan fingerprint density at radius 2 is 1.66 bits per heavy atom. The van der Waals surface area contributed by atoms with Crippen LogP contribution in [0.1, 0.15) is 39.8 Å². The first-order valence-corrected chi connectivity index (χ1v) is 11.8. The quantitative estimate of drug-likeness (QED) is 0.403. The lowest BCUT2D eigenvalue weighted by Crippen LogP contribution is -2.40. The average molecular weight is 470 g/mol. The fraction of sp³-hybridized carbons (Fsp3) is 0.241. The molecule has 5 rings (SSSR count). The maximum atomic E-state index is 14.2. The standard InChI is InChI=1S/C29H28FN3O2/c1-20-31-26-15-16-32(18-21-13-14-27(35-2)25(30)17-21)19-24(26)29(34)33(20)28(22-9-5-3-6-10-22)23-11-7-4-8-12-23/h3-14,17,28H,15-16,18-19H2,1-2H3. The number of halogens is 1. The third kappa shape index (κ3) is 4.62. The van der Waals surface area contributed by atoms with E-state index in [0.717, 1.165) is 28.9 Å². The number of hydrogen-bond acceptors (Lipinski definition) is 4. The van der Waals surface area contributed by atoms with E-state index in [4.69, 9.17) is 9.72 Å². The second-order valence-electron chi connectivity index (χ2n) is 8.91. The van der Waals surface area contributed by atoms with Gasteiger partial charge in [-0.2, -0.15) is 0 Å². The lowest BCUT2D eigenvalue weighted by Gasteiger charge is -2.30. The molecular weight excluding hydrogens is 441 g/mol. The number of aryl methyl sites for hydroxylation is 1. The van der Waals surface area contributed by atoms with Crippen LogP contribution >= 0.6 is 0 Å². The van der Waals surface area contributed by atoms with Gasteiger partial charge in [-0.3, -0.25) is 14.3 Å². The van der Waals surface area contributed by atoms with Crippen LogP contribution in [0.5, 0.6) is 5.75 Å². The van der Waals surface area contributed by atoms with Gasteiger partial charge in [0.25, 0.3) is 5.56 Å². The Morgan fingerprint density at radius 1 is 1.00 bits per heavy atom. The highest BCUT2D eigenvalue weighted by atomic mass is 19.1. The summed E-state index contributed by atoms with van der Waals surface area (Å²) in [4.78, 5) is 21.0. The van der Waals surface area contributed by atoms with E-state index in [-0.39, 0.29) is 23.2 Å². The molecule has 1 aliphatic rings. The fourth-order valence-electron chi connectivity index (χ4n) is 4.93. The predicted octanol–water partition coefficient (Wildman–Crippen LogP) is 4.90. The van der Waals surface area contributed by atoms with Gasteiger partial charge in [0.2, 0.25) is 0 Å². The maximum Gasteiger partial charge on any atom is 0.259 e. The zero-order chi connectivity index (χ0) is 24.4. The van der Waals surface area contributed by atoms with Crippen molar-refractivity contribution in [1.29, 1.82) is 0 Å². The lowest BCUT2D eigenvalue weighted by molar-refractivity contribution is 0.239. The van der Waals surface area contributed by atoms with E-state index >= 15 is 0 Å². The van der Waals surface area contributed by atoms with Crippen molar-refractivity contribution < 1.29 is 9.13 Å². The van der Waals surface area contributed by atoms with Crippen LogP contribution in [0.2, 0.25) is 0 Å². The molecule has 0 aliphatic carbocycles. The van der Waals surface area contributed by atoms with Crippen LogP contribution < -0.4 is 10.3 Å². The van der Waals surface area contributed by atoms with Crippen molar-refractivity contribution in [2.45, 2.75) is 32.5 Å². The van der Waals surface area contributed by atoms with Gasteiger partial charge in [0.05, 0.1) is 24.4 Å². The summed E-state index contributed by atoms with van der Waals surface area (Å²) in [6.07, 6.45) is 0.687. The maximum absolute atomic E-state index is 14.2. The SMILES string of the molecule is COc1ccc(CN2CCc3nc(C)n(C(c4ccccc4)c4ccccc4)c(=O)c3C2)cc1F. The number of nitrogens with zero attached hydrogens (tertiary/aromatic N) is 3. The highest BCUT2D eigenvalue weighted by Gasteiger charge is 2.27. The molecule has 1 aromatic heterocycles. The molecule has 2 heterocycles. The minimum Gasteiger partial charge on any atom is -0.494 e. The predicted molar refractivity (Wildman–Crippen MR) is 134 cm³/mol. The van der Waals surface area contributed by atoms with E-state index in [0.29, 0.717) is 30.9 Å². The van der Waals surface area contributed by atoms with E-state index in [1.165, 1.54) is 13.2 Å². The molecule has 0 saturated carbocycles. The van der Waals surface area contributed by atoms with Gasteiger partial charge >= 0.3 is 0 Å². The molecule has 5 nitrogen and oxygen atoms in total. The molecule has 1 aliphatic heterocycles. The summed E-state index contributed by atoms with van der Waals surface area (Å²) >= 11 is 0. The van der Waals surface area contributed by atoms with E-state index in [2.05, 4.69) is 4.90 Å². The molecule has 6 heteroatoms. The van der Waals surface area contributed by atoms with Gasteiger partial charge < -0.3 is 4.74 Å². The van der Waals surface area contributed by atoms with Crippen molar-refractivity contribution in [2.24, 2.45) is 0 Å². The fourth-order valence-corrected chi connectivity index (χ4v) is 4.93. The summed E-state index contributed by atoms with van der Waals surface area (Å²) in [5, 5.41) is 0. The number of aromatic nitrogens is 2. The Hall–Kier alpha value is -3.77. The van der Waals surface area contributed by atoms with Gasteiger partial charge in [-0.1, -0.05) is 66.7 Å². The summed E-state index contributed by atoms with van der Waals surface area (Å²) < 4.78 is 21.1. The molecular formula is C29H28FN3O2. The van der Waals surface area contributed by atoms with Crippen LogP contribution in [0, 0.1) is 12.7 Å². The molecule has 4 aromatic rings. The van der Waals surface area contributed by atoms with Crippen molar-refractivity contribution >= 4 is 0 Å². The van der Waals surface area contributed by atoms with E-state index in [1.54, 1.807) is 6.07 Å². The Morgan fingerprint density at radius 3 is 2.26 bits per heavy atom. The molecule has 0 amide bonds.